The van der Waals surface area contributed by atoms with Crippen LogP contribution in [0.3, 0.4) is 0 Å². The first-order valence-electron chi connectivity index (χ1n) is 13.7. The van der Waals surface area contributed by atoms with Crippen molar-refractivity contribution in [3.63, 3.8) is 0 Å². The molecule has 38 heavy (non-hydrogen) atoms. The third-order valence-electron chi connectivity index (χ3n) is 7.53. The van der Waals surface area contributed by atoms with Crippen molar-refractivity contribution in [3.8, 4) is 21.9 Å². The molecule has 1 N–H and O–H groups in total. The maximum absolute atomic E-state index is 11.4. The van der Waals surface area contributed by atoms with Crippen molar-refractivity contribution in [1.82, 2.24) is 10.2 Å². The Morgan fingerprint density at radius 2 is 1.63 bits per heavy atom. The molecule has 1 amide bonds. The molecule has 0 saturated carbocycles. The van der Waals surface area contributed by atoms with Crippen molar-refractivity contribution >= 4 is 27.3 Å². The number of nitrogens with one attached hydrogen (secondary N) is 1. The Kier molecular flexibility index (Phi) is 7.61. The Morgan fingerprint density at radius 1 is 0.895 bits per heavy atom. The SMILES string of the molecule is O=C1CC[C@@H](COc2ccc(-c3sc4ccccc4c3Cc3ccc(OCCN4CCCC4)cc3)cc2)N1. The van der Waals surface area contributed by atoms with E-state index in [9.17, 15) is 4.79 Å². The quantitative estimate of drug-likeness (QED) is 0.264. The minimum Gasteiger partial charge on any atom is -0.492 e. The molecule has 0 bridgehead atoms. The van der Waals surface area contributed by atoms with E-state index in [1.807, 2.05) is 23.5 Å². The molecule has 1 atom stereocenters. The zero-order valence-corrected chi connectivity index (χ0v) is 22.5. The first-order chi connectivity index (χ1) is 18.7. The van der Waals surface area contributed by atoms with E-state index in [1.165, 1.54) is 57.6 Å². The Balaban J connectivity index is 1.15. The predicted octanol–water partition coefficient (Wildman–Crippen LogP) is 6.29. The van der Waals surface area contributed by atoms with Crippen LogP contribution in [0.5, 0.6) is 11.5 Å². The van der Waals surface area contributed by atoms with Gasteiger partial charge in [-0.2, -0.15) is 0 Å². The van der Waals surface area contributed by atoms with Crippen molar-refractivity contribution < 1.29 is 14.3 Å². The third kappa shape index (κ3) is 5.87. The summed E-state index contributed by atoms with van der Waals surface area (Å²) in [4.78, 5) is 15.2. The Hall–Kier alpha value is -3.35. The van der Waals surface area contributed by atoms with Gasteiger partial charge in [-0.25, -0.2) is 0 Å². The van der Waals surface area contributed by atoms with Crippen LogP contribution in [0, 0.1) is 0 Å². The van der Waals surface area contributed by atoms with E-state index in [4.69, 9.17) is 9.47 Å². The minimum atomic E-state index is 0.109. The van der Waals surface area contributed by atoms with Gasteiger partial charge in [0.25, 0.3) is 0 Å². The number of likely N-dealkylation sites (tertiary alicyclic amines) is 1. The number of rotatable bonds is 10. The molecular weight excluding hydrogens is 492 g/mol. The molecule has 2 aliphatic heterocycles. The zero-order valence-electron chi connectivity index (χ0n) is 21.7. The van der Waals surface area contributed by atoms with Crippen LogP contribution in [0.1, 0.15) is 36.8 Å². The molecule has 6 rings (SSSR count). The molecular formula is C32H34N2O3S. The summed E-state index contributed by atoms with van der Waals surface area (Å²) in [6.07, 6.45) is 4.93. The molecule has 2 fully saturated rings. The van der Waals surface area contributed by atoms with Crippen LogP contribution >= 0.6 is 11.3 Å². The van der Waals surface area contributed by atoms with Gasteiger partial charge in [-0.15, -0.1) is 11.3 Å². The van der Waals surface area contributed by atoms with Gasteiger partial charge in [0.1, 0.15) is 24.7 Å². The first-order valence-corrected chi connectivity index (χ1v) is 14.5. The second-order valence-electron chi connectivity index (χ2n) is 10.3. The monoisotopic (exact) mass is 526 g/mol. The van der Waals surface area contributed by atoms with Gasteiger partial charge in [-0.05, 0) is 103 Å². The molecule has 6 heteroatoms. The fraction of sp³-hybridized carbons (Fsp3) is 0.344. The molecule has 1 aromatic heterocycles. The topological polar surface area (TPSA) is 50.8 Å². The molecule has 0 radical (unpaired) electrons. The normalized spacial score (nSPS) is 17.7. The predicted molar refractivity (Wildman–Crippen MR) is 154 cm³/mol. The number of thiophene rings is 1. The van der Waals surface area contributed by atoms with Gasteiger partial charge >= 0.3 is 0 Å². The van der Waals surface area contributed by atoms with Gasteiger partial charge in [0.15, 0.2) is 0 Å². The van der Waals surface area contributed by atoms with Crippen LogP contribution < -0.4 is 14.8 Å². The van der Waals surface area contributed by atoms with E-state index in [-0.39, 0.29) is 11.9 Å². The molecule has 0 unspecified atom stereocenters. The molecule has 3 aromatic carbocycles. The lowest BCUT2D eigenvalue weighted by atomic mass is 9.99. The maximum atomic E-state index is 11.4. The minimum absolute atomic E-state index is 0.109. The number of ether oxygens (including phenoxy) is 2. The summed E-state index contributed by atoms with van der Waals surface area (Å²) in [7, 11) is 0. The van der Waals surface area contributed by atoms with Crippen LogP contribution in [0.4, 0.5) is 0 Å². The van der Waals surface area contributed by atoms with Gasteiger partial charge in [0, 0.05) is 22.5 Å². The lowest BCUT2D eigenvalue weighted by Crippen LogP contribution is -2.30. The van der Waals surface area contributed by atoms with Gasteiger partial charge in [0.05, 0.1) is 6.04 Å². The van der Waals surface area contributed by atoms with E-state index in [2.05, 4.69) is 70.9 Å². The molecule has 5 nitrogen and oxygen atoms in total. The van der Waals surface area contributed by atoms with Crippen molar-refractivity contribution in [2.45, 2.75) is 38.1 Å². The second kappa shape index (κ2) is 11.6. The van der Waals surface area contributed by atoms with Crippen LogP contribution in [0.15, 0.2) is 72.8 Å². The number of nitrogens with zero attached hydrogens (tertiary/aromatic N) is 1. The van der Waals surface area contributed by atoms with E-state index in [0.29, 0.717) is 13.0 Å². The summed E-state index contributed by atoms with van der Waals surface area (Å²) in [6, 6.07) is 25.7. The fourth-order valence-electron chi connectivity index (χ4n) is 5.42. The van der Waals surface area contributed by atoms with E-state index in [0.717, 1.165) is 37.5 Å². The third-order valence-corrected chi connectivity index (χ3v) is 8.79. The zero-order chi connectivity index (χ0) is 25.7. The van der Waals surface area contributed by atoms with Gasteiger partial charge in [0.2, 0.25) is 5.91 Å². The number of hydrogen-bond donors (Lipinski definition) is 1. The summed E-state index contributed by atoms with van der Waals surface area (Å²) in [5, 5.41) is 4.28. The number of fused-ring (bicyclic) bond motifs is 1. The Bertz CT molecular complexity index is 1370. The van der Waals surface area contributed by atoms with E-state index in [1.54, 1.807) is 0 Å². The summed E-state index contributed by atoms with van der Waals surface area (Å²) in [5.41, 5.74) is 3.83. The van der Waals surface area contributed by atoms with Gasteiger partial charge in [-0.1, -0.05) is 30.3 Å². The number of amides is 1. The molecule has 0 aliphatic carbocycles. The van der Waals surface area contributed by atoms with Crippen molar-refractivity contribution in [1.29, 1.82) is 0 Å². The standard InChI is InChI=1S/C32H34N2O3S/c35-31-16-11-25(33-31)22-37-27-14-9-24(10-15-27)32-29(28-5-1-2-6-30(28)38-32)21-23-7-12-26(13-8-23)36-20-19-34-17-3-4-18-34/h1-2,5-10,12-15,25H,3-4,11,16-22H2,(H,33,35)/t25-/m0/s1. The lowest BCUT2D eigenvalue weighted by Gasteiger charge is -2.15. The Morgan fingerprint density at radius 3 is 2.39 bits per heavy atom. The number of benzene rings is 3. The van der Waals surface area contributed by atoms with Crippen molar-refractivity contribution in [2.75, 3.05) is 32.8 Å². The van der Waals surface area contributed by atoms with Crippen molar-refractivity contribution in [3.05, 3.63) is 83.9 Å². The summed E-state index contributed by atoms with van der Waals surface area (Å²) >= 11 is 1.84. The highest BCUT2D eigenvalue weighted by Gasteiger charge is 2.21. The summed E-state index contributed by atoms with van der Waals surface area (Å²) in [5.74, 6) is 1.89. The number of carbonyl (C=O) groups excluding carboxylic acids is 1. The summed E-state index contributed by atoms with van der Waals surface area (Å²) in [6.45, 7) is 4.67. The van der Waals surface area contributed by atoms with E-state index >= 15 is 0 Å². The first kappa shape index (κ1) is 25.0. The van der Waals surface area contributed by atoms with Gasteiger partial charge in [-0.3, -0.25) is 9.69 Å². The van der Waals surface area contributed by atoms with Crippen LogP contribution in [-0.2, 0) is 11.2 Å². The highest BCUT2D eigenvalue weighted by Crippen LogP contribution is 2.40. The average molecular weight is 527 g/mol. The molecule has 2 saturated heterocycles. The van der Waals surface area contributed by atoms with E-state index < -0.39 is 0 Å². The Labute approximate surface area is 228 Å². The summed E-state index contributed by atoms with van der Waals surface area (Å²) < 4.78 is 13.3. The molecule has 2 aliphatic rings. The maximum Gasteiger partial charge on any atom is 0.220 e. The highest BCUT2D eigenvalue weighted by molar-refractivity contribution is 7.22. The number of carbonyl (C=O) groups is 1. The largest absolute Gasteiger partial charge is 0.492 e. The molecule has 4 aromatic rings. The lowest BCUT2D eigenvalue weighted by molar-refractivity contribution is -0.119. The second-order valence-corrected chi connectivity index (χ2v) is 11.3. The van der Waals surface area contributed by atoms with Crippen molar-refractivity contribution in [2.24, 2.45) is 0 Å². The van der Waals surface area contributed by atoms with Crippen LogP contribution in [0.25, 0.3) is 20.5 Å². The van der Waals surface area contributed by atoms with Gasteiger partial charge < -0.3 is 14.8 Å². The molecule has 3 heterocycles. The molecule has 196 valence electrons. The van der Waals surface area contributed by atoms with Crippen LogP contribution in [-0.4, -0.2) is 49.7 Å². The fourth-order valence-corrected chi connectivity index (χ4v) is 6.64. The molecule has 0 spiro atoms. The average Bonchev–Trinajstić information content (AvgIpc) is 3.70. The smallest absolute Gasteiger partial charge is 0.220 e. The highest BCUT2D eigenvalue weighted by atomic mass is 32.1. The number of hydrogen-bond acceptors (Lipinski definition) is 5. The van der Waals surface area contributed by atoms with Crippen LogP contribution in [0.2, 0.25) is 0 Å².